The average molecular weight is 494 g/mol. The summed E-state index contributed by atoms with van der Waals surface area (Å²) in [6, 6.07) is 19.4. The van der Waals surface area contributed by atoms with E-state index in [9.17, 15) is 28.4 Å². The summed E-state index contributed by atoms with van der Waals surface area (Å²) >= 11 is 0. The predicted octanol–water partition coefficient (Wildman–Crippen LogP) is 4.30. The van der Waals surface area contributed by atoms with E-state index in [1.807, 2.05) is 0 Å². The number of carbonyl (C=O) groups is 1. The SMILES string of the molecule is Cn1c(O)c(N=NC(=O)CN(c2ccccc2[N+](=O)[O-])S(=O)(=O)c2ccccc2)c2ccccc21. The Morgan fingerprint density at radius 2 is 1.66 bits per heavy atom. The molecule has 178 valence electrons. The molecule has 0 radical (unpaired) electrons. The zero-order valence-corrected chi connectivity index (χ0v) is 19.2. The van der Waals surface area contributed by atoms with Gasteiger partial charge in [0.2, 0.25) is 5.88 Å². The number of sulfonamides is 1. The summed E-state index contributed by atoms with van der Waals surface area (Å²) in [5.74, 6) is -1.22. The molecule has 0 spiro atoms. The van der Waals surface area contributed by atoms with Gasteiger partial charge in [-0.1, -0.05) is 48.5 Å². The molecular weight excluding hydrogens is 474 g/mol. The second kappa shape index (κ2) is 9.35. The van der Waals surface area contributed by atoms with Gasteiger partial charge >= 0.3 is 0 Å². The zero-order valence-electron chi connectivity index (χ0n) is 18.3. The van der Waals surface area contributed by atoms with Gasteiger partial charge in [0.05, 0.1) is 15.3 Å². The summed E-state index contributed by atoms with van der Waals surface area (Å²) in [6.45, 7) is -0.850. The fraction of sp³-hybridized carbons (Fsp3) is 0.0870. The molecule has 35 heavy (non-hydrogen) atoms. The first-order valence-electron chi connectivity index (χ1n) is 10.2. The number of nitrogens with zero attached hydrogens (tertiary/aromatic N) is 5. The third kappa shape index (κ3) is 4.46. The third-order valence-electron chi connectivity index (χ3n) is 5.27. The van der Waals surface area contributed by atoms with Crippen LogP contribution in [0.15, 0.2) is 94.0 Å². The van der Waals surface area contributed by atoms with E-state index in [0.29, 0.717) is 15.2 Å². The number of hydrogen-bond acceptors (Lipinski definition) is 7. The van der Waals surface area contributed by atoms with Crippen LogP contribution in [0.3, 0.4) is 0 Å². The number of rotatable bonds is 7. The number of anilines is 1. The van der Waals surface area contributed by atoms with Gasteiger partial charge in [-0.15, -0.1) is 10.2 Å². The van der Waals surface area contributed by atoms with E-state index < -0.39 is 33.1 Å². The van der Waals surface area contributed by atoms with Crippen LogP contribution in [0.4, 0.5) is 17.1 Å². The molecule has 0 atom stereocenters. The van der Waals surface area contributed by atoms with E-state index >= 15 is 0 Å². The number of aryl methyl sites for hydroxylation is 1. The molecule has 1 N–H and O–H groups in total. The molecule has 0 saturated heterocycles. The van der Waals surface area contributed by atoms with Gasteiger partial charge in [0.15, 0.2) is 5.69 Å². The van der Waals surface area contributed by atoms with Crippen LogP contribution in [-0.4, -0.2) is 35.5 Å². The number of benzene rings is 3. The van der Waals surface area contributed by atoms with Crippen LogP contribution in [0.2, 0.25) is 0 Å². The fourth-order valence-electron chi connectivity index (χ4n) is 3.57. The lowest BCUT2D eigenvalue weighted by Gasteiger charge is -2.22. The molecule has 1 aromatic heterocycles. The van der Waals surface area contributed by atoms with Gasteiger partial charge in [0.25, 0.3) is 21.6 Å². The average Bonchev–Trinajstić information content (AvgIpc) is 3.11. The van der Waals surface area contributed by atoms with E-state index in [2.05, 4.69) is 10.2 Å². The summed E-state index contributed by atoms with van der Waals surface area (Å²) in [5, 5.41) is 30.0. The van der Waals surface area contributed by atoms with Crippen molar-refractivity contribution in [2.75, 3.05) is 10.8 Å². The Balaban J connectivity index is 1.74. The third-order valence-corrected chi connectivity index (χ3v) is 7.04. The molecular formula is C23H19N5O6S. The van der Waals surface area contributed by atoms with Crippen molar-refractivity contribution in [2.24, 2.45) is 17.3 Å². The van der Waals surface area contributed by atoms with Gasteiger partial charge in [-0.3, -0.25) is 14.9 Å². The first-order chi connectivity index (χ1) is 16.7. The van der Waals surface area contributed by atoms with Gasteiger partial charge in [0, 0.05) is 18.5 Å². The molecule has 0 aliphatic carbocycles. The highest BCUT2D eigenvalue weighted by atomic mass is 32.2. The van der Waals surface area contributed by atoms with Gasteiger partial charge in [-0.25, -0.2) is 12.7 Å². The predicted molar refractivity (Wildman–Crippen MR) is 128 cm³/mol. The van der Waals surface area contributed by atoms with Crippen LogP contribution in [0.5, 0.6) is 5.88 Å². The zero-order chi connectivity index (χ0) is 25.2. The molecule has 4 aromatic rings. The minimum Gasteiger partial charge on any atom is -0.493 e. The van der Waals surface area contributed by atoms with Crippen molar-refractivity contribution in [1.82, 2.24) is 4.57 Å². The Morgan fingerprint density at radius 1 is 1.03 bits per heavy atom. The number of amides is 1. The summed E-state index contributed by atoms with van der Waals surface area (Å²) in [7, 11) is -2.76. The van der Waals surface area contributed by atoms with E-state index in [1.165, 1.54) is 47.0 Å². The number of carbonyl (C=O) groups excluding carboxylic acids is 1. The smallest absolute Gasteiger partial charge is 0.293 e. The van der Waals surface area contributed by atoms with Gasteiger partial charge < -0.3 is 9.67 Å². The van der Waals surface area contributed by atoms with E-state index in [4.69, 9.17) is 0 Å². The van der Waals surface area contributed by atoms with E-state index in [0.717, 1.165) is 6.07 Å². The van der Waals surface area contributed by atoms with Crippen molar-refractivity contribution < 1.29 is 23.2 Å². The second-order valence-electron chi connectivity index (χ2n) is 7.41. The van der Waals surface area contributed by atoms with Crippen molar-refractivity contribution in [3.8, 4) is 5.88 Å². The van der Waals surface area contributed by atoms with Crippen molar-refractivity contribution in [2.45, 2.75) is 4.90 Å². The first kappa shape index (κ1) is 23.6. The Morgan fingerprint density at radius 3 is 2.37 bits per heavy atom. The molecule has 12 heteroatoms. The maximum Gasteiger partial charge on any atom is 0.293 e. The number of nitro benzene ring substituents is 1. The molecule has 11 nitrogen and oxygen atoms in total. The summed E-state index contributed by atoms with van der Waals surface area (Å²) < 4.78 is 28.9. The highest BCUT2D eigenvalue weighted by Crippen LogP contribution is 2.38. The number of nitro groups is 1. The largest absolute Gasteiger partial charge is 0.493 e. The monoisotopic (exact) mass is 493 g/mol. The van der Waals surface area contributed by atoms with Crippen molar-refractivity contribution in [3.63, 3.8) is 0 Å². The lowest BCUT2D eigenvalue weighted by atomic mass is 10.2. The van der Waals surface area contributed by atoms with Crippen LogP contribution in [0, 0.1) is 10.1 Å². The minimum absolute atomic E-state index is 0.0413. The van der Waals surface area contributed by atoms with E-state index in [1.54, 1.807) is 37.4 Å². The molecule has 4 rings (SSSR count). The highest BCUT2D eigenvalue weighted by Gasteiger charge is 2.32. The quantitative estimate of drug-likeness (QED) is 0.231. The minimum atomic E-state index is -4.37. The maximum absolute atomic E-state index is 13.4. The molecule has 0 aliphatic rings. The molecule has 3 aromatic carbocycles. The molecule has 0 aliphatic heterocycles. The Labute approximate surface area is 199 Å². The second-order valence-corrected chi connectivity index (χ2v) is 9.27. The molecule has 0 bridgehead atoms. The number of fused-ring (bicyclic) bond motifs is 1. The van der Waals surface area contributed by atoms with Crippen LogP contribution in [0.25, 0.3) is 10.9 Å². The van der Waals surface area contributed by atoms with E-state index in [-0.39, 0.29) is 22.2 Å². The number of para-hydroxylation sites is 3. The van der Waals surface area contributed by atoms with Gasteiger partial charge in [-0.2, -0.15) is 0 Å². The molecule has 0 fully saturated rings. The highest BCUT2D eigenvalue weighted by molar-refractivity contribution is 7.92. The van der Waals surface area contributed by atoms with Crippen molar-refractivity contribution in [3.05, 3.63) is 89.0 Å². The standard InChI is InChI=1S/C23H19N5O6S/c1-26-18-12-6-5-11-17(18)22(23(26)30)25-24-21(29)15-27(19-13-7-8-14-20(19)28(31)32)35(33,34)16-9-3-2-4-10-16/h2-14,30H,15H2,1H3. The topological polar surface area (TPSA) is 147 Å². The normalized spacial score (nSPS) is 11.7. The molecule has 1 heterocycles. The Hall–Kier alpha value is -4.58. The Bertz CT molecular complexity index is 1560. The maximum atomic E-state index is 13.4. The number of aromatic hydroxyl groups is 1. The molecule has 0 saturated carbocycles. The van der Waals surface area contributed by atoms with Crippen LogP contribution in [-0.2, 0) is 21.9 Å². The first-order valence-corrected chi connectivity index (χ1v) is 11.7. The van der Waals surface area contributed by atoms with Crippen LogP contribution in [0.1, 0.15) is 0 Å². The molecule has 0 unspecified atom stereocenters. The van der Waals surface area contributed by atoms with Gasteiger partial charge in [0.1, 0.15) is 12.2 Å². The lowest BCUT2D eigenvalue weighted by molar-refractivity contribution is -0.384. The number of aromatic nitrogens is 1. The summed E-state index contributed by atoms with van der Waals surface area (Å²) in [6.07, 6.45) is 0. The number of azo groups is 1. The Kier molecular flexibility index (Phi) is 6.30. The summed E-state index contributed by atoms with van der Waals surface area (Å²) in [5.41, 5.74) is -0.0967. The van der Waals surface area contributed by atoms with Gasteiger partial charge in [-0.05, 0) is 24.3 Å². The fourth-order valence-corrected chi connectivity index (χ4v) is 5.02. The van der Waals surface area contributed by atoms with Crippen molar-refractivity contribution >= 4 is 43.9 Å². The summed E-state index contributed by atoms with van der Waals surface area (Å²) in [4.78, 5) is 23.5. The van der Waals surface area contributed by atoms with Crippen molar-refractivity contribution in [1.29, 1.82) is 0 Å². The lowest BCUT2D eigenvalue weighted by Crippen LogP contribution is -2.35. The number of hydrogen-bond donors (Lipinski definition) is 1. The van der Waals surface area contributed by atoms with Crippen LogP contribution >= 0.6 is 0 Å². The van der Waals surface area contributed by atoms with Crippen LogP contribution < -0.4 is 4.31 Å². The molecule has 1 amide bonds.